The summed E-state index contributed by atoms with van der Waals surface area (Å²) in [4.78, 5) is 19.7. The molecule has 10 heteroatoms. The van der Waals surface area contributed by atoms with Crippen LogP contribution in [0.3, 0.4) is 0 Å². The van der Waals surface area contributed by atoms with Crippen LogP contribution in [0.5, 0.6) is 23.0 Å². The van der Waals surface area contributed by atoms with E-state index in [0.717, 1.165) is 67.8 Å². The first-order chi connectivity index (χ1) is 26.9. The number of methoxy groups -OCH3 is 4. The fraction of sp³-hybridized carbons (Fsp3) is 0.533. The Morgan fingerprint density at radius 2 is 1.47 bits per heavy atom. The summed E-state index contributed by atoms with van der Waals surface area (Å²) in [6.07, 6.45) is 7.97. The number of unbranched alkanes of at least 4 members (excludes halogenated alkanes) is 1. The summed E-state index contributed by atoms with van der Waals surface area (Å²) in [5.74, 6) is 3.93. The maximum absolute atomic E-state index is 15.0. The second kappa shape index (κ2) is 17.7. The van der Waals surface area contributed by atoms with Crippen LogP contribution in [0.4, 0.5) is 0 Å². The summed E-state index contributed by atoms with van der Waals surface area (Å²) < 4.78 is 35.7. The predicted molar refractivity (Wildman–Crippen MR) is 211 cm³/mol. The molecule has 3 aromatic rings. The Balaban J connectivity index is 1.23. The third kappa shape index (κ3) is 8.18. The van der Waals surface area contributed by atoms with Crippen molar-refractivity contribution in [3.05, 3.63) is 94.2 Å². The van der Waals surface area contributed by atoms with Crippen LogP contribution >= 0.6 is 0 Å². The van der Waals surface area contributed by atoms with Crippen molar-refractivity contribution in [3.63, 3.8) is 0 Å². The molecule has 4 aliphatic rings. The molecular formula is C45H58N2O8. The van der Waals surface area contributed by atoms with E-state index in [9.17, 15) is 5.11 Å². The van der Waals surface area contributed by atoms with Gasteiger partial charge in [-0.2, -0.15) is 0 Å². The summed E-state index contributed by atoms with van der Waals surface area (Å²) >= 11 is 0. The maximum Gasteiger partial charge on any atom is 0.289 e. The van der Waals surface area contributed by atoms with E-state index in [1.807, 2.05) is 24.3 Å². The van der Waals surface area contributed by atoms with E-state index in [-0.39, 0.29) is 30.5 Å². The lowest BCUT2D eigenvalue weighted by Gasteiger charge is -2.49. The number of carbonyl (C=O) groups is 1. The van der Waals surface area contributed by atoms with Crippen molar-refractivity contribution in [2.75, 3.05) is 61.3 Å². The standard InChI is InChI=1S/C45H58N2O8/c1-6-29-28-46-16-14-31-22-39(50-2)41(52-4)26-35(31)37(46)20-33(29)21-38-36-27-42(53-5)40(51-3)23-32(36)15-17-47(38)45(49)43-24-34(30-12-8-7-9-13-30)25-44(55-43)54-19-11-10-18-48/h7-9,12-13,22-24,26-27,29,33-34,37-38,44,48H,6,10-11,14-21,25,28H2,1-5H3/t29-,33+,34-,37-,38+,44+/m0/s1. The first-order valence-electron chi connectivity index (χ1n) is 20.1. The lowest BCUT2D eigenvalue weighted by atomic mass is 9.72. The second-order valence-electron chi connectivity index (χ2n) is 15.4. The largest absolute Gasteiger partial charge is 0.493 e. The van der Waals surface area contributed by atoms with Crippen molar-refractivity contribution in [2.45, 2.75) is 82.6 Å². The zero-order valence-corrected chi connectivity index (χ0v) is 33.1. The number of aliphatic hydroxyl groups is 1. The lowest BCUT2D eigenvalue weighted by Crippen LogP contribution is -2.48. The Morgan fingerprint density at radius 3 is 2.15 bits per heavy atom. The first kappa shape index (κ1) is 39.0. The smallest absolute Gasteiger partial charge is 0.289 e. The number of aliphatic hydroxyl groups excluding tert-OH is 1. The van der Waals surface area contributed by atoms with Gasteiger partial charge in [-0.25, -0.2) is 0 Å². The fourth-order valence-electron chi connectivity index (χ4n) is 9.48. The van der Waals surface area contributed by atoms with E-state index in [1.54, 1.807) is 28.4 Å². The second-order valence-corrected chi connectivity index (χ2v) is 15.4. The molecule has 55 heavy (non-hydrogen) atoms. The van der Waals surface area contributed by atoms with Crippen LogP contribution in [0.2, 0.25) is 0 Å². The average molecular weight is 755 g/mol. The number of hydrogen-bond donors (Lipinski definition) is 1. The highest BCUT2D eigenvalue weighted by Gasteiger charge is 2.43. The normalized spacial score (nSPS) is 24.8. The topological polar surface area (TPSA) is 99.2 Å². The molecule has 7 rings (SSSR count). The van der Waals surface area contributed by atoms with Gasteiger partial charge in [0.15, 0.2) is 28.8 Å². The number of nitrogens with zero attached hydrogens (tertiary/aromatic N) is 2. The van der Waals surface area contributed by atoms with Gasteiger partial charge in [-0.3, -0.25) is 9.69 Å². The summed E-state index contributed by atoms with van der Waals surface area (Å²) in [5.41, 5.74) is 6.06. The molecule has 0 saturated carbocycles. The molecule has 4 heterocycles. The molecular weight excluding hydrogens is 697 g/mol. The van der Waals surface area contributed by atoms with Crippen molar-refractivity contribution < 1.29 is 38.3 Å². The minimum atomic E-state index is -0.566. The van der Waals surface area contributed by atoms with E-state index in [1.165, 1.54) is 16.7 Å². The number of ether oxygens (including phenoxy) is 6. The highest BCUT2D eigenvalue weighted by molar-refractivity contribution is 5.92. The van der Waals surface area contributed by atoms with Gasteiger partial charge in [-0.05, 0) is 109 Å². The molecule has 0 spiro atoms. The van der Waals surface area contributed by atoms with E-state index in [4.69, 9.17) is 28.4 Å². The Labute approximate surface area is 326 Å². The fourth-order valence-corrected chi connectivity index (χ4v) is 9.48. The van der Waals surface area contributed by atoms with Gasteiger partial charge in [0.25, 0.3) is 5.91 Å². The van der Waals surface area contributed by atoms with Gasteiger partial charge in [0.05, 0.1) is 41.1 Å². The van der Waals surface area contributed by atoms with Gasteiger partial charge < -0.3 is 38.4 Å². The number of rotatable bonds is 14. The molecule has 1 fully saturated rings. The van der Waals surface area contributed by atoms with Crippen LogP contribution in [-0.2, 0) is 27.1 Å². The van der Waals surface area contributed by atoms with Crippen molar-refractivity contribution >= 4 is 5.91 Å². The average Bonchev–Trinajstić information content (AvgIpc) is 3.23. The third-order valence-corrected chi connectivity index (χ3v) is 12.4. The summed E-state index contributed by atoms with van der Waals surface area (Å²) in [6, 6.07) is 18.9. The van der Waals surface area contributed by atoms with E-state index in [2.05, 4.69) is 53.1 Å². The molecule has 1 saturated heterocycles. The van der Waals surface area contributed by atoms with Gasteiger partial charge in [0, 0.05) is 44.6 Å². The Hall–Kier alpha value is -4.25. The number of carbonyl (C=O) groups excluding carboxylic acids is 1. The molecule has 10 nitrogen and oxygen atoms in total. The van der Waals surface area contributed by atoms with E-state index in [0.29, 0.717) is 61.5 Å². The molecule has 0 bridgehead atoms. The maximum atomic E-state index is 15.0. The van der Waals surface area contributed by atoms with Crippen molar-refractivity contribution in [1.82, 2.24) is 9.80 Å². The molecule has 6 atom stereocenters. The highest BCUT2D eigenvalue weighted by atomic mass is 16.7. The van der Waals surface area contributed by atoms with E-state index < -0.39 is 6.29 Å². The van der Waals surface area contributed by atoms with Gasteiger partial charge in [0.1, 0.15) is 0 Å². The minimum absolute atomic E-state index is 0.0348. The van der Waals surface area contributed by atoms with Crippen molar-refractivity contribution in [3.8, 4) is 23.0 Å². The van der Waals surface area contributed by atoms with Gasteiger partial charge >= 0.3 is 0 Å². The van der Waals surface area contributed by atoms with Crippen LogP contribution in [0.1, 0.15) is 91.3 Å². The molecule has 0 radical (unpaired) electrons. The van der Waals surface area contributed by atoms with Crippen LogP contribution in [0.15, 0.2) is 66.4 Å². The predicted octanol–water partition coefficient (Wildman–Crippen LogP) is 7.39. The monoisotopic (exact) mass is 754 g/mol. The molecule has 0 aliphatic carbocycles. The van der Waals surface area contributed by atoms with Crippen LogP contribution in [0.25, 0.3) is 0 Å². The van der Waals surface area contributed by atoms with Crippen molar-refractivity contribution in [1.29, 1.82) is 0 Å². The first-order valence-corrected chi connectivity index (χ1v) is 20.1. The Morgan fingerprint density at radius 1 is 0.818 bits per heavy atom. The SMILES string of the molecule is CC[C@H]1CN2CCc3cc(OC)c(OC)cc3[C@@H]2C[C@@H]1C[C@@H]1c2cc(OC)c(OC)cc2CCN1C(=O)C1=C[C@H](c2ccccc2)C[C@H](OCCCCO)O1. The Bertz CT molecular complexity index is 1810. The molecule has 1 N–H and O–H groups in total. The summed E-state index contributed by atoms with van der Waals surface area (Å²) in [5, 5.41) is 9.33. The van der Waals surface area contributed by atoms with Gasteiger partial charge in [-0.1, -0.05) is 43.7 Å². The number of piperidine rings is 1. The van der Waals surface area contributed by atoms with Crippen LogP contribution < -0.4 is 18.9 Å². The zero-order valence-electron chi connectivity index (χ0n) is 33.1. The van der Waals surface area contributed by atoms with Crippen LogP contribution in [0, 0.1) is 11.8 Å². The molecule has 0 unspecified atom stereocenters. The molecule has 296 valence electrons. The number of benzene rings is 3. The molecule has 3 aromatic carbocycles. The summed E-state index contributed by atoms with van der Waals surface area (Å²) in [6.45, 7) is 5.47. The van der Waals surface area contributed by atoms with Gasteiger partial charge in [-0.15, -0.1) is 0 Å². The number of allylic oxidation sites excluding steroid dienone is 1. The highest BCUT2D eigenvalue weighted by Crippen LogP contribution is 2.50. The zero-order chi connectivity index (χ0) is 38.5. The van der Waals surface area contributed by atoms with E-state index >= 15 is 4.79 Å². The molecule has 1 amide bonds. The summed E-state index contributed by atoms with van der Waals surface area (Å²) in [7, 11) is 6.74. The molecule has 4 aliphatic heterocycles. The lowest BCUT2D eigenvalue weighted by molar-refractivity contribution is -0.155. The van der Waals surface area contributed by atoms with Gasteiger partial charge in [0.2, 0.25) is 6.29 Å². The number of fused-ring (bicyclic) bond motifs is 4. The minimum Gasteiger partial charge on any atom is -0.493 e. The molecule has 0 aromatic heterocycles. The Kier molecular flexibility index (Phi) is 12.5. The number of hydrogen-bond acceptors (Lipinski definition) is 9. The third-order valence-electron chi connectivity index (χ3n) is 12.4. The quantitative estimate of drug-likeness (QED) is 0.169. The number of amides is 1. The van der Waals surface area contributed by atoms with Crippen molar-refractivity contribution in [2.24, 2.45) is 11.8 Å². The van der Waals surface area contributed by atoms with Crippen LogP contribution in [-0.4, -0.2) is 88.4 Å².